The van der Waals surface area contributed by atoms with Crippen molar-refractivity contribution in [2.75, 3.05) is 11.9 Å². The van der Waals surface area contributed by atoms with E-state index in [0.717, 1.165) is 40.3 Å². The number of pyridine rings is 1. The van der Waals surface area contributed by atoms with E-state index in [1.807, 2.05) is 19.1 Å². The van der Waals surface area contributed by atoms with Gasteiger partial charge >= 0.3 is 0 Å². The average Bonchev–Trinajstić information content (AvgIpc) is 2.85. The second-order valence-electron chi connectivity index (χ2n) is 5.07. The lowest BCUT2D eigenvalue weighted by Gasteiger charge is -2.08. The zero-order chi connectivity index (χ0) is 14.8. The van der Waals surface area contributed by atoms with Crippen LogP contribution in [0.5, 0.6) is 0 Å². The summed E-state index contributed by atoms with van der Waals surface area (Å²) in [5.41, 5.74) is 1.94. The predicted molar refractivity (Wildman–Crippen MR) is 88.9 cm³/mol. The van der Waals surface area contributed by atoms with E-state index in [4.69, 9.17) is 9.97 Å². The lowest BCUT2D eigenvalue weighted by molar-refractivity contribution is 0.970. The van der Waals surface area contributed by atoms with Crippen molar-refractivity contribution in [1.82, 2.24) is 15.0 Å². The van der Waals surface area contributed by atoms with Crippen molar-refractivity contribution in [1.29, 1.82) is 0 Å². The highest BCUT2D eigenvalue weighted by atomic mass is 32.1. The molecule has 0 fully saturated rings. The van der Waals surface area contributed by atoms with Gasteiger partial charge in [0.15, 0.2) is 5.82 Å². The van der Waals surface area contributed by atoms with Crippen molar-refractivity contribution in [2.24, 2.45) is 0 Å². The van der Waals surface area contributed by atoms with Crippen molar-refractivity contribution < 1.29 is 0 Å². The summed E-state index contributed by atoms with van der Waals surface area (Å²) in [5, 5.41) is 4.51. The lowest BCUT2D eigenvalue weighted by Crippen LogP contribution is -2.04. The number of aryl methyl sites for hydroxylation is 2. The van der Waals surface area contributed by atoms with E-state index in [1.165, 1.54) is 4.88 Å². The Morgan fingerprint density at radius 2 is 2.10 bits per heavy atom. The van der Waals surface area contributed by atoms with Gasteiger partial charge in [-0.15, -0.1) is 11.3 Å². The number of rotatable bonds is 4. The third kappa shape index (κ3) is 2.74. The summed E-state index contributed by atoms with van der Waals surface area (Å²) in [6.45, 7) is 7.19. The van der Waals surface area contributed by atoms with Gasteiger partial charge in [0, 0.05) is 17.6 Å². The molecule has 0 aliphatic carbocycles. The van der Waals surface area contributed by atoms with Crippen LogP contribution in [-0.4, -0.2) is 21.5 Å². The van der Waals surface area contributed by atoms with Gasteiger partial charge in [-0.05, 0) is 38.0 Å². The highest BCUT2D eigenvalue weighted by Crippen LogP contribution is 2.31. The zero-order valence-electron chi connectivity index (χ0n) is 12.5. The highest BCUT2D eigenvalue weighted by molar-refractivity contribution is 7.18. The Morgan fingerprint density at radius 1 is 1.24 bits per heavy atom. The number of anilines is 1. The molecule has 21 heavy (non-hydrogen) atoms. The molecule has 0 saturated carbocycles. The Labute approximate surface area is 128 Å². The molecule has 0 aliphatic rings. The summed E-state index contributed by atoms with van der Waals surface area (Å²) in [6, 6.07) is 6.12. The van der Waals surface area contributed by atoms with E-state index < -0.39 is 0 Å². The number of thiophene rings is 1. The molecule has 108 valence electrons. The molecule has 0 amide bonds. The Hall–Kier alpha value is -2.01. The molecule has 0 aliphatic heterocycles. The summed E-state index contributed by atoms with van der Waals surface area (Å²) in [5.74, 6) is 1.60. The number of hydrogen-bond acceptors (Lipinski definition) is 5. The molecule has 0 unspecified atom stereocenters. The Morgan fingerprint density at radius 3 is 2.86 bits per heavy atom. The molecule has 0 saturated heterocycles. The molecular weight excluding hydrogens is 280 g/mol. The maximum Gasteiger partial charge on any atom is 0.181 e. The fraction of sp³-hybridized carbons (Fsp3) is 0.312. The van der Waals surface area contributed by atoms with Gasteiger partial charge < -0.3 is 5.32 Å². The van der Waals surface area contributed by atoms with E-state index in [-0.39, 0.29) is 0 Å². The Kier molecular flexibility index (Phi) is 3.84. The van der Waals surface area contributed by atoms with Gasteiger partial charge in [-0.2, -0.15) is 0 Å². The van der Waals surface area contributed by atoms with Crippen LogP contribution in [0.1, 0.15) is 23.8 Å². The minimum absolute atomic E-state index is 0.695. The first-order valence-corrected chi connectivity index (χ1v) is 7.94. The zero-order valence-corrected chi connectivity index (χ0v) is 13.3. The monoisotopic (exact) mass is 298 g/mol. The van der Waals surface area contributed by atoms with Crippen LogP contribution in [0.15, 0.2) is 24.4 Å². The minimum Gasteiger partial charge on any atom is -0.369 e. The van der Waals surface area contributed by atoms with E-state index >= 15 is 0 Å². The molecule has 4 nitrogen and oxygen atoms in total. The molecule has 0 atom stereocenters. The summed E-state index contributed by atoms with van der Waals surface area (Å²) in [6.07, 6.45) is 2.85. The van der Waals surface area contributed by atoms with Crippen molar-refractivity contribution in [3.8, 4) is 11.5 Å². The molecule has 3 rings (SSSR count). The first-order chi connectivity index (χ1) is 10.2. The number of fused-ring (bicyclic) bond motifs is 1. The quantitative estimate of drug-likeness (QED) is 0.784. The second kappa shape index (κ2) is 5.77. The highest BCUT2D eigenvalue weighted by Gasteiger charge is 2.13. The first-order valence-electron chi connectivity index (χ1n) is 7.13. The Bertz CT molecular complexity index is 779. The molecular formula is C16H18N4S. The van der Waals surface area contributed by atoms with Crippen molar-refractivity contribution in [3.05, 3.63) is 34.8 Å². The summed E-state index contributed by atoms with van der Waals surface area (Å²) in [4.78, 5) is 16.1. The molecule has 0 spiro atoms. The van der Waals surface area contributed by atoms with Crippen molar-refractivity contribution in [2.45, 2.75) is 27.2 Å². The van der Waals surface area contributed by atoms with E-state index in [1.54, 1.807) is 17.5 Å². The fourth-order valence-corrected chi connectivity index (χ4v) is 3.13. The number of aromatic nitrogens is 3. The maximum absolute atomic E-state index is 4.70. The number of nitrogens with zero attached hydrogens (tertiary/aromatic N) is 3. The maximum atomic E-state index is 4.70. The average molecular weight is 298 g/mol. The number of hydrogen-bond donors (Lipinski definition) is 1. The van der Waals surface area contributed by atoms with Crippen LogP contribution < -0.4 is 5.32 Å². The summed E-state index contributed by atoms with van der Waals surface area (Å²) in [7, 11) is 0. The van der Waals surface area contributed by atoms with Crippen LogP contribution >= 0.6 is 11.3 Å². The molecule has 3 heterocycles. The topological polar surface area (TPSA) is 50.7 Å². The minimum atomic E-state index is 0.695. The van der Waals surface area contributed by atoms with Crippen LogP contribution in [-0.2, 0) is 0 Å². The van der Waals surface area contributed by atoms with Crippen LogP contribution in [0, 0.1) is 13.8 Å². The van der Waals surface area contributed by atoms with Gasteiger partial charge in [0.2, 0.25) is 0 Å². The van der Waals surface area contributed by atoms with Gasteiger partial charge in [-0.25, -0.2) is 9.97 Å². The van der Waals surface area contributed by atoms with Gasteiger partial charge in [0.25, 0.3) is 0 Å². The summed E-state index contributed by atoms with van der Waals surface area (Å²) < 4.78 is 0. The van der Waals surface area contributed by atoms with Gasteiger partial charge in [0.1, 0.15) is 16.3 Å². The van der Waals surface area contributed by atoms with E-state index in [0.29, 0.717) is 5.82 Å². The van der Waals surface area contributed by atoms with Crippen LogP contribution in [0.25, 0.3) is 21.7 Å². The Balaban J connectivity index is 2.17. The molecule has 0 radical (unpaired) electrons. The standard InChI is InChI=1S/C16H18N4S/c1-4-7-18-14-12-9-11(3)21-16(12)20-15(19-14)13-10(2)6-5-8-17-13/h5-6,8-9H,4,7H2,1-3H3,(H,18,19,20). The van der Waals surface area contributed by atoms with Crippen LogP contribution in [0.2, 0.25) is 0 Å². The molecule has 0 bridgehead atoms. The molecule has 0 aromatic carbocycles. The second-order valence-corrected chi connectivity index (χ2v) is 6.30. The smallest absolute Gasteiger partial charge is 0.181 e. The lowest BCUT2D eigenvalue weighted by atomic mass is 10.2. The summed E-state index contributed by atoms with van der Waals surface area (Å²) >= 11 is 1.70. The van der Waals surface area contributed by atoms with Gasteiger partial charge in [0.05, 0.1) is 5.39 Å². The van der Waals surface area contributed by atoms with Gasteiger partial charge in [-0.1, -0.05) is 13.0 Å². The largest absolute Gasteiger partial charge is 0.369 e. The fourth-order valence-electron chi connectivity index (χ4n) is 2.25. The molecule has 5 heteroatoms. The molecule has 3 aromatic heterocycles. The SMILES string of the molecule is CCCNc1nc(-c2ncccc2C)nc2sc(C)cc12. The van der Waals surface area contributed by atoms with Crippen molar-refractivity contribution >= 4 is 27.4 Å². The first kappa shape index (κ1) is 13.9. The van der Waals surface area contributed by atoms with Crippen LogP contribution in [0.3, 0.4) is 0 Å². The predicted octanol–water partition coefficient (Wildman–Crippen LogP) is 4.19. The van der Waals surface area contributed by atoms with Crippen molar-refractivity contribution in [3.63, 3.8) is 0 Å². The van der Waals surface area contributed by atoms with Gasteiger partial charge in [-0.3, -0.25) is 4.98 Å². The number of nitrogens with one attached hydrogen (secondary N) is 1. The normalized spacial score (nSPS) is 11.0. The molecule has 1 N–H and O–H groups in total. The molecule has 3 aromatic rings. The van der Waals surface area contributed by atoms with E-state index in [2.05, 4.69) is 30.2 Å². The van der Waals surface area contributed by atoms with Crippen LogP contribution in [0.4, 0.5) is 5.82 Å². The van der Waals surface area contributed by atoms with E-state index in [9.17, 15) is 0 Å². The third-order valence-electron chi connectivity index (χ3n) is 3.28. The third-order valence-corrected chi connectivity index (χ3v) is 4.22.